The van der Waals surface area contributed by atoms with Crippen LogP contribution in [0.3, 0.4) is 0 Å². The molecule has 1 aromatic carbocycles. The van der Waals surface area contributed by atoms with Gasteiger partial charge in [-0.25, -0.2) is 0 Å². The van der Waals surface area contributed by atoms with Crippen LogP contribution in [-0.2, 0) is 5.41 Å². The summed E-state index contributed by atoms with van der Waals surface area (Å²) < 4.78 is 0. The van der Waals surface area contributed by atoms with Crippen molar-refractivity contribution in [1.82, 2.24) is 0 Å². The van der Waals surface area contributed by atoms with Crippen LogP contribution >= 0.6 is 11.9 Å². The molecule has 1 aromatic rings. The lowest BCUT2D eigenvalue weighted by Gasteiger charge is -2.22. The highest BCUT2D eigenvalue weighted by Crippen LogP contribution is 2.24. The van der Waals surface area contributed by atoms with E-state index in [1.807, 2.05) is 38.1 Å². The minimum absolute atomic E-state index is 0.155. The zero-order valence-corrected chi connectivity index (χ0v) is 8.77. The topological polar surface area (TPSA) is 46.2 Å². The van der Waals surface area contributed by atoms with Crippen LogP contribution < -0.4 is 5.14 Å². The molecular weight excluding hydrogens is 182 g/mol. The first-order chi connectivity index (χ1) is 6.10. The summed E-state index contributed by atoms with van der Waals surface area (Å²) in [6.07, 6.45) is 0. The first-order valence-electron chi connectivity index (χ1n) is 4.18. The molecule has 0 aliphatic heterocycles. The van der Waals surface area contributed by atoms with Gasteiger partial charge in [0, 0.05) is 10.3 Å². The Bertz CT molecular complexity index is 269. The summed E-state index contributed by atoms with van der Waals surface area (Å²) >= 11 is 1.23. The average molecular weight is 197 g/mol. The van der Waals surface area contributed by atoms with Crippen LogP contribution in [0.25, 0.3) is 0 Å². The zero-order valence-electron chi connectivity index (χ0n) is 7.95. The number of nitrogens with two attached hydrogens (primary N) is 1. The van der Waals surface area contributed by atoms with E-state index < -0.39 is 0 Å². The van der Waals surface area contributed by atoms with Gasteiger partial charge in [-0.3, -0.25) is 5.14 Å². The molecular formula is C10H15NOS. The summed E-state index contributed by atoms with van der Waals surface area (Å²) in [6.45, 7) is 4.18. The minimum Gasteiger partial charge on any atom is -0.395 e. The van der Waals surface area contributed by atoms with Crippen LogP contribution in [-0.4, -0.2) is 11.7 Å². The minimum atomic E-state index is -0.169. The highest BCUT2D eigenvalue weighted by molar-refractivity contribution is 7.97. The maximum absolute atomic E-state index is 9.14. The van der Waals surface area contributed by atoms with Gasteiger partial charge in [-0.15, -0.1) is 0 Å². The van der Waals surface area contributed by atoms with Crippen LogP contribution in [0.2, 0.25) is 0 Å². The van der Waals surface area contributed by atoms with Crippen LogP contribution in [0, 0.1) is 0 Å². The van der Waals surface area contributed by atoms with Crippen molar-refractivity contribution in [2.75, 3.05) is 6.61 Å². The zero-order chi connectivity index (χ0) is 9.90. The molecule has 0 radical (unpaired) electrons. The van der Waals surface area contributed by atoms with Crippen LogP contribution in [0.1, 0.15) is 19.4 Å². The van der Waals surface area contributed by atoms with Crippen molar-refractivity contribution in [3.05, 3.63) is 29.8 Å². The molecule has 72 valence electrons. The van der Waals surface area contributed by atoms with Gasteiger partial charge in [0.1, 0.15) is 0 Å². The highest BCUT2D eigenvalue weighted by atomic mass is 32.2. The molecule has 3 heteroatoms. The van der Waals surface area contributed by atoms with E-state index in [9.17, 15) is 0 Å². The van der Waals surface area contributed by atoms with Gasteiger partial charge in [-0.2, -0.15) is 0 Å². The summed E-state index contributed by atoms with van der Waals surface area (Å²) in [7, 11) is 0. The summed E-state index contributed by atoms with van der Waals surface area (Å²) in [5, 5.41) is 14.6. The Labute approximate surface area is 83.3 Å². The molecule has 0 spiro atoms. The number of benzene rings is 1. The predicted octanol–water partition coefficient (Wildman–Crippen LogP) is 1.92. The maximum atomic E-state index is 9.14. The Kier molecular flexibility index (Phi) is 3.36. The van der Waals surface area contributed by atoms with E-state index in [0.717, 1.165) is 10.5 Å². The fourth-order valence-corrected chi connectivity index (χ4v) is 1.37. The van der Waals surface area contributed by atoms with Crippen LogP contribution in [0.15, 0.2) is 29.2 Å². The Balaban J connectivity index is 2.92. The molecule has 3 N–H and O–H groups in total. The second-order valence-corrected chi connectivity index (χ2v) is 4.39. The van der Waals surface area contributed by atoms with Gasteiger partial charge < -0.3 is 5.11 Å². The number of aliphatic hydroxyl groups excluding tert-OH is 1. The quantitative estimate of drug-likeness (QED) is 0.728. The van der Waals surface area contributed by atoms with Crippen LogP contribution in [0.5, 0.6) is 0 Å². The standard InChI is InChI=1S/C10H15NOS/c1-10(2,7-12)8-3-5-9(13-11)6-4-8/h3-6,12H,7,11H2,1-2H3. The third-order valence-corrected chi connectivity index (χ3v) is 2.71. The van der Waals surface area contributed by atoms with E-state index in [4.69, 9.17) is 10.2 Å². The monoisotopic (exact) mass is 197 g/mol. The molecule has 13 heavy (non-hydrogen) atoms. The van der Waals surface area contributed by atoms with Crippen molar-refractivity contribution in [2.45, 2.75) is 24.2 Å². The lowest BCUT2D eigenvalue weighted by Crippen LogP contribution is -2.21. The molecule has 0 heterocycles. The second-order valence-electron chi connectivity index (χ2n) is 3.68. The third kappa shape index (κ3) is 2.46. The summed E-state index contributed by atoms with van der Waals surface area (Å²) in [6, 6.07) is 7.95. The Hall–Kier alpha value is -0.510. The van der Waals surface area contributed by atoms with Crippen molar-refractivity contribution in [3.8, 4) is 0 Å². The lowest BCUT2D eigenvalue weighted by molar-refractivity contribution is 0.218. The van der Waals surface area contributed by atoms with Crippen LogP contribution in [0.4, 0.5) is 0 Å². The van der Waals surface area contributed by atoms with E-state index in [1.54, 1.807) is 0 Å². The lowest BCUT2D eigenvalue weighted by atomic mass is 9.86. The molecule has 0 bridgehead atoms. The fraction of sp³-hybridized carbons (Fsp3) is 0.400. The van der Waals surface area contributed by atoms with Crippen molar-refractivity contribution in [3.63, 3.8) is 0 Å². The van der Waals surface area contributed by atoms with E-state index in [1.165, 1.54) is 11.9 Å². The van der Waals surface area contributed by atoms with Crippen molar-refractivity contribution < 1.29 is 5.11 Å². The number of aliphatic hydroxyl groups is 1. The first-order valence-corrected chi connectivity index (χ1v) is 5.06. The largest absolute Gasteiger partial charge is 0.395 e. The van der Waals surface area contributed by atoms with E-state index in [-0.39, 0.29) is 12.0 Å². The molecule has 0 aromatic heterocycles. The normalized spacial score (nSPS) is 11.7. The summed E-state index contributed by atoms with van der Waals surface area (Å²) in [5.41, 5.74) is 0.963. The molecule has 0 fully saturated rings. The molecule has 0 saturated heterocycles. The van der Waals surface area contributed by atoms with Gasteiger partial charge in [0.25, 0.3) is 0 Å². The Morgan fingerprint density at radius 3 is 2.23 bits per heavy atom. The highest BCUT2D eigenvalue weighted by Gasteiger charge is 2.18. The molecule has 0 atom stereocenters. The van der Waals surface area contributed by atoms with Crippen molar-refractivity contribution >= 4 is 11.9 Å². The average Bonchev–Trinajstić information content (AvgIpc) is 2.18. The van der Waals surface area contributed by atoms with E-state index in [0.29, 0.717) is 0 Å². The Morgan fingerprint density at radius 1 is 1.31 bits per heavy atom. The van der Waals surface area contributed by atoms with Gasteiger partial charge in [-0.1, -0.05) is 26.0 Å². The van der Waals surface area contributed by atoms with Gasteiger partial charge in [0.05, 0.1) is 6.61 Å². The van der Waals surface area contributed by atoms with E-state index >= 15 is 0 Å². The van der Waals surface area contributed by atoms with Gasteiger partial charge in [0.2, 0.25) is 0 Å². The molecule has 0 unspecified atom stereocenters. The fourth-order valence-electron chi connectivity index (χ4n) is 1.08. The van der Waals surface area contributed by atoms with Crippen molar-refractivity contribution in [1.29, 1.82) is 0 Å². The predicted molar refractivity (Wildman–Crippen MR) is 56.6 cm³/mol. The summed E-state index contributed by atoms with van der Waals surface area (Å²) in [4.78, 5) is 1.04. The number of rotatable bonds is 3. The first kappa shape index (κ1) is 10.6. The van der Waals surface area contributed by atoms with Gasteiger partial charge >= 0.3 is 0 Å². The number of hydrogen-bond donors (Lipinski definition) is 2. The molecule has 0 aliphatic rings. The van der Waals surface area contributed by atoms with Crippen molar-refractivity contribution in [2.24, 2.45) is 5.14 Å². The smallest absolute Gasteiger partial charge is 0.0522 e. The number of hydrogen-bond acceptors (Lipinski definition) is 3. The molecule has 0 amide bonds. The molecule has 0 aliphatic carbocycles. The van der Waals surface area contributed by atoms with Gasteiger partial charge in [0.15, 0.2) is 0 Å². The summed E-state index contributed by atoms with van der Waals surface area (Å²) in [5.74, 6) is 0. The third-order valence-electron chi connectivity index (χ3n) is 2.17. The molecule has 2 nitrogen and oxygen atoms in total. The van der Waals surface area contributed by atoms with E-state index in [2.05, 4.69) is 0 Å². The maximum Gasteiger partial charge on any atom is 0.0522 e. The second kappa shape index (κ2) is 4.13. The SMILES string of the molecule is CC(C)(CO)c1ccc(SN)cc1. The molecule has 1 rings (SSSR count). The molecule has 0 saturated carbocycles. The Morgan fingerprint density at radius 2 is 1.85 bits per heavy atom. The van der Waals surface area contributed by atoms with Gasteiger partial charge in [-0.05, 0) is 29.6 Å².